The lowest BCUT2D eigenvalue weighted by atomic mass is 9.85. The molecule has 2 aromatic rings. The van der Waals surface area contributed by atoms with Gasteiger partial charge in [-0.2, -0.15) is 13.2 Å². The molecule has 0 unspecified atom stereocenters. The van der Waals surface area contributed by atoms with Gasteiger partial charge < -0.3 is 5.32 Å². The minimum Gasteiger partial charge on any atom is -0.351 e. The molecule has 0 radical (unpaired) electrons. The zero-order chi connectivity index (χ0) is 19.6. The van der Waals surface area contributed by atoms with Crippen molar-refractivity contribution in [3.8, 4) is 0 Å². The third-order valence-corrected chi connectivity index (χ3v) is 4.75. The molecular formula is C16H17ClF3N7. The number of rotatable bonds is 3. The van der Waals surface area contributed by atoms with Crippen LogP contribution in [-0.2, 0) is 6.18 Å². The summed E-state index contributed by atoms with van der Waals surface area (Å²) >= 11 is 5.85. The molecule has 2 aromatic heterocycles. The summed E-state index contributed by atoms with van der Waals surface area (Å²) in [4.78, 5) is 11.3. The monoisotopic (exact) mass is 399 g/mol. The highest BCUT2D eigenvalue weighted by Crippen LogP contribution is 2.29. The fraction of sp³-hybridized carbons (Fsp3) is 0.438. The van der Waals surface area contributed by atoms with Crippen LogP contribution in [0.3, 0.4) is 0 Å². The minimum atomic E-state index is -4.47. The second-order valence-electron chi connectivity index (χ2n) is 6.32. The van der Waals surface area contributed by atoms with E-state index in [1.54, 1.807) is 0 Å². The largest absolute Gasteiger partial charge is 0.419 e. The molecule has 1 aliphatic rings. The number of alkyl halides is 3. The molecule has 0 aliphatic heterocycles. The van der Waals surface area contributed by atoms with E-state index >= 15 is 0 Å². The van der Waals surface area contributed by atoms with Crippen LogP contribution in [0.5, 0.6) is 0 Å². The Morgan fingerprint density at radius 3 is 2.59 bits per heavy atom. The first-order chi connectivity index (χ1) is 12.8. The normalized spacial score (nSPS) is 20.3. The van der Waals surface area contributed by atoms with Crippen LogP contribution in [0, 0.1) is 16.7 Å². The summed E-state index contributed by atoms with van der Waals surface area (Å²) in [7, 11) is 0. The smallest absolute Gasteiger partial charge is 0.351 e. The van der Waals surface area contributed by atoms with E-state index in [4.69, 9.17) is 22.4 Å². The Morgan fingerprint density at radius 2 is 1.93 bits per heavy atom. The van der Waals surface area contributed by atoms with Crippen LogP contribution in [0.25, 0.3) is 0 Å². The molecule has 0 amide bonds. The summed E-state index contributed by atoms with van der Waals surface area (Å²) in [5.74, 6) is 0.239. The maximum absolute atomic E-state index is 12.6. The first kappa shape index (κ1) is 19.3. The molecule has 11 heteroatoms. The Hall–Kier alpha value is -2.49. The first-order valence-corrected chi connectivity index (χ1v) is 8.66. The molecule has 3 N–H and O–H groups in total. The maximum atomic E-state index is 12.6. The van der Waals surface area contributed by atoms with Gasteiger partial charge in [-0.25, -0.2) is 15.0 Å². The highest BCUT2D eigenvalue weighted by molar-refractivity contribution is 6.29. The van der Waals surface area contributed by atoms with Gasteiger partial charge in [0.2, 0.25) is 5.95 Å². The number of nitrogens with one attached hydrogen (secondary N) is 3. The van der Waals surface area contributed by atoms with Gasteiger partial charge in [0, 0.05) is 36.7 Å². The van der Waals surface area contributed by atoms with Crippen molar-refractivity contribution in [1.29, 1.82) is 10.8 Å². The van der Waals surface area contributed by atoms with Gasteiger partial charge in [0.15, 0.2) is 10.6 Å². The second-order valence-corrected chi connectivity index (χ2v) is 6.68. The highest BCUT2D eigenvalue weighted by Gasteiger charge is 2.32. The van der Waals surface area contributed by atoms with Gasteiger partial charge in [-0.1, -0.05) is 18.0 Å². The van der Waals surface area contributed by atoms with Gasteiger partial charge in [0.25, 0.3) is 0 Å². The number of hydrogen-bond acceptors (Lipinski definition) is 6. The SMILES string of the molecule is N=C([C@H]1CCC[C@@H](Nc2ncc(C(F)(F)F)cn2)C1)n1ccnc(Cl)c1=N. The van der Waals surface area contributed by atoms with E-state index in [-0.39, 0.29) is 34.4 Å². The topological polar surface area (TPSA) is 103 Å². The lowest BCUT2D eigenvalue weighted by molar-refractivity contribution is -0.138. The third kappa shape index (κ3) is 4.44. The third-order valence-electron chi connectivity index (χ3n) is 4.47. The molecular weight excluding hydrogens is 383 g/mol. The van der Waals surface area contributed by atoms with Crippen LogP contribution in [0.1, 0.15) is 31.2 Å². The molecule has 0 spiro atoms. The Bertz CT molecular complexity index is 879. The predicted molar refractivity (Wildman–Crippen MR) is 92.6 cm³/mol. The summed E-state index contributed by atoms with van der Waals surface area (Å²) in [5.41, 5.74) is -0.949. The summed E-state index contributed by atoms with van der Waals surface area (Å²) in [5, 5.41) is 19.4. The van der Waals surface area contributed by atoms with Gasteiger partial charge in [0.05, 0.1) is 5.56 Å². The molecule has 2 heterocycles. The van der Waals surface area contributed by atoms with Crippen molar-refractivity contribution in [2.75, 3.05) is 5.32 Å². The van der Waals surface area contributed by atoms with Gasteiger partial charge >= 0.3 is 6.18 Å². The minimum absolute atomic E-state index is 0.0193. The predicted octanol–water partition coefficient (Wildman–Crippen LogP) is 3.32. The Kier molecular flexibility index (Phi) is 5.45. The zero-order valence-corrected chi connectivity index (χ0v) is 14.8. The van der Waals surface area contributed by atoms with Crippen LogP contribution in [0.15, 0.2) is 24.8 Å². The van der Waals surface area contributed by atoms with E-state index in [0.29, 0.717) is 6.42 Å². The number of anilines is 1. The first-order valence-electron chi connectivity index (χ1n) is 8.28. The number of nitrogens with zero attached hydrogens (tertiary/aromatic N) is 4. The van der Waals surface area contributed by atoms with E-state index in [1.807, 2.05) is 0 Å². The highest BCUT2D eigenvalue weighted by atomic mass is 35.5. The molecule has 7 nitrogen and oxygen atoms in total. The van der Waals surface area contributed by atoms with E-state index in [2.05, 4.69) is 20.3 Å². The average molecular weight is 400 g/mol. The quantitative estimate of drug-likeness (QED) is 0.544. The van der Waals surface area contributed by atoms with Crippen molar-refractivity contribution in [2.45, 2.75) is 37.9 Å². The van der Waals surface area contributed by atoms with E-state index in [9.17, 15) is 13.2 Å². The van der Waals surface area contributed by atoms with Crippen molar-refractivity contribution >= 4 is 23.4 Å². The summed E-state index contributed by atoms with van der Waals surface area (Å²) in [6.07, 6.45) is 2.96. The molecule has 27 heavy (non-hydrogen) atoms. The second kappa shape index (κ2) is 7.63. The van der Waals surface area contributed by atoms with E-state index in [1.165, 1.54) is 17.0 Å². The molecule has 3 rings (SSSR count). The van der Waals surface area contributed by atoms with Gasteiger partial charge in [-0.05, 0) is 19.3 Å². The maximum Gasteiger partial charge on any atom is 0.419 e. The standard InChI is InChI=1S/C16H17ClF3N7/c17-12-14(22)27(5-4-23-12)13(21)9-2-1-3-11(6-9)26-15-24-7-10(8-25-15)16(18,19)20/h4-5,7-9,11,21-22H,1-3,6H2,(H,24,25,26)/t9-,11+/m0/s1. The van der Waals surface area contributed by atoms with Crippen LogP contribution in [0.4, 0.5) is 19.1 Å². The summed E-state index contributed by atoms with van der Waals surface area (Å²) in [6, 6.07) is -0.0760. The van der Waals surface area contributed by atoms with Crippen molar-refractivity contribution in [3.63, 3.8) is 0 Å². The lowest BCUT2D eigenvalue weighted by Gasteiger charge is -2.30. The molecule has 0 aromatic carbocycles. The fourth-order valence-electron chi connectivity index (χ4n) is 3.10. The van der Waals surface area contributed by atoms with Crippen LogP contribution < -0.4 is 10.8 Å². The van der Waals surface area contributed by atoms with Crippen LogP contribution in [0.2, 0.25) is 5.15 Å². The van der Waals surface area contributed by atoms with Crippen molar-refractivity contribution in [3.05, 3.63) is 41.0 Å². The molecule has 1 fully saturated rings. The molecule has 1 saturated carbocycles. The Labute approximate surface area is 157 Å². The molecule has 1 aliphatic carbocycles. The number of aromatic nitrogens is 4. The zero-order valence-electron chi connectivity index (χ0n) is 14.1. The van der Waals surface area contributed by atoms with Crippen LogP contribution >= 0.6 is 11.6 Å². The molecule has 0 bridgehead atoms. The molecule has 2 atom stereocenters. The fourth-order valence-corrected chi connectivity index (χ4v) is 3.25. The average Bonchev–Trinajstić information content (AvgIpc) is 2.63. The van der Waals surface area contributed by atoms with Gasteiger partial charge in [-0.3, -0.25) is 15.4 Å². The van der Waals surface area contributed by atoms with Gasteiger partial charge in [-0.15, -0.1) is 0 Å². The molecule has 0 saturated heterocycles. The molecule has 144 valence electrons. The van der Waals surface area contributed by atoms with E-state index < -0.39 is 11.7 Å². The summed E-state index contributed by atoms with van der Waals surface area (Å²) in [6.45, 7) is 0. The van der Waals surface area contributed by atoms with E-state index in [0.717, 1.165) is 31.7 Å². The van der Waals surface area contributed by atoms with Gasteiger partial charge in [0.1, 0.15) is 5.84 Å². The Balaban J connectivity index is 1.68. The van der Waals surface area contributed by atoms with Crippen molar-refractivity contribution in [2.24, 2.45) is 5.92 Å². The summed E-state index contributed by atoms with van der Waals surface area (Å²) < 4.78 is 39.1. The van der Waals surface area contributed by atoms with Crippen molar-refractivity contribution in [1.82, 2.24) is 19.5 Å². The van der Waals surface area contributed by atoms with Crippen molar-refractivity contribution < 1.29 is 13.2 Å². The number of hydrogen-bond donors (Lipinski definition) is 3. The van der Waals surface area contributed by atoms with Crippen LogP contribution in [-0.4, -0.2) is 31.4 Å². The lowest BCUT2D eigenvalue weighted by Crippen LogP contribution is -2.37. The Morgan fingerprint density at radius 1 is 1.22 bits per heavy atom. The number of halogens is 4.